The van der Waals surface area contributed by atoms with Crippen LogP contribution in [-0.4, -0.2) is 63.1 Å². The van der Waals surface area contributed by atoms with Crippen LogP contribution in [-0.2, 0) is 28.9 Å². The Morgan fingerprint density at radius 2 is 2.07 bits per heavy atom. The van der Waals surface area contributed by atoms with E-state index in [0.29, 0.717) is 0 Å². The van der Waals surface area contributed by atoms with Crippen LogP contribution in [0, 0.1) is 5.92 Å². The quantitative estimate of drug-likeness (QED) is 0.311. The second kappa shape index (κ2) is 8.44. The molecule has 1 saturated heterocycles. The van der Waals surface area contributed by atoms with Crippen LogP contribution in [0.3, 0.4) is 0 Å². The second-order valence-electron chi connectivity index (χ2n) is 6.62. The van der Waals surface area contributed by atoms with Crippen molar-refractivity contribution < 1.29 is 34.0 Å². The fourth-order valence-corrected chi connectivity index (χ4v) is 3.14. The Morgan fingerprint density at radius 1 is 1.39 bits per heavy atom. The zero-order chi connectivity index (χ0) is 21.1. The van der Waals surface area contributed by atoms with Gasteiger partial charge in [-0.15, -0.1) is 11.3 Å². The number of anilines is 1. The molecule has 1 aliphatic heterocycles. The Kier molecular flexibility index (Phi) is 6.46. The summed E-state index contributed by atoms with van der Waals surface area (Å²) in [6.07, 6.45) is -0.224. The number of oxime groups is 1. The molecule has 28 heavy (non-hydrogen) atoms. The first kappa shape index (κ1) is 21.4. The van der Waals surface area contributed by atoms with Gasteiger partial charge in [-0.1, -0.05) is 5.16 Å². The molecule has 1 fully saturated rings. The molecule has 152 valence electrons. The van der Waals surface area contributed by atoms with E-state index >= 15 is 0 Å². The number of hydrogen-bond donors (Lipinski definition) is 2. The molecule has 0 aliphatic carbocycles. The Hall–Kier alpha value is -2.86. The number of carboxylic acids is 1. The molecule has 0 unspecified atom stereocenters. The molecule has 1 aliphatic rings. The van der Waals surface area contributed by atoms with Crippen LogP contribution in [0.2, 0.25) is 0 Å². The van der Waals surface area contributed by atoms with Crippen molar-refractivity contribution in [2.75, 3.05) is 18.9 Å². The van der Waals surface area contributed by atoms with Crippen molar-refractivity contribution in [3.63, 3.8) is 0 Å². The number of thiazole rings is 1. The number of carbonyl (C=O) groups is 4. The number of aromatic nitrogens is 1. The topological polar surface area (TPSA) is 161 Å². The highest BCUT2D eigenvalue weighted by molar-refractivity contribution is 7.13. The number of rotatable bonds is 10. The van der Waals surface area contributed by atoms with E-state index in [1.807, 2.05) is 0 Å². The SMILES string of the molecule is CC(=O)CON1C(=O)[C@@H](CC(=O)/C(=N\OCC(=O)O)c2csc(N)n2)C1(C)C. The summed E-state index contributed by atoms with van der Waals surface area (Å²) in [5.74, 6) is -3.22. The van der Waals surface area contributed by atoms with Crippen LogP contribution >= 0.6 is 11.3 Å². The van der Waals surface area contributed by atoms with Gasteiger partial charge in [-0.05, 0) is 20.8 Å². The number of nitrogen functional groups attached to an aromatic ring is 1. The van der Waals surface area contributed by atoms with Gasteiger partial charge in [0.05, 0.1) is 11.5 Å². The van der Waals surface area contributed by atoms with Gasteiger partial charge in [0.25, 0.3) is 5.91 Å². The van der Waals surface area contributed by atoms with E-state index in [9.17, 15) is 19.2 Å². The average molecular weight is 412 g/mol. The van der Waals surface area contributed by atoms with Crippen LogP contribution < -0.4 is 5.73 Å². The molecule has 1 aromatic heterocycles. The number of carbonyl (C=O) groups excluding carboxylic acids is 3. The third-order valence-electron chi connectivity index (χ3n) is 4.03. The van der Waals surface area contributed by atoms with Crippen LogP contribution in [0.4, 0.5) is 5.13 Å². The van der Waals surface area contributed by atoms with E-state index in [-0.39, 0.29) is 35.3 Å². The average Bonchev–Trinajstić information content (AvgIpc) is 3.01. The summed E-state index contributed by atoms with van der Waals surface area (Å²) in [4.78, 5) is 60.6. The first-order chi connectivity index (χ1) is 13.0. The molecule has 0 bridgehead atoms. The van der Waals surface area contributed by atoms with Gasteiger partial charge in [0.1, 0.15) is 12.3 Å². The molecule has 3 N–H and O–H groups in total. The van der Waals surface area contributed by atoms with Crippen LogP contribution in [0.1, 0.15) is 32.9 Å². The summed E-state index contributed by atoms with van der Waals surface area (Å²) in [5, 5.41) is 15.0. The minimum Gasteiger partial charge on any atom is -0.479 e. The van der Waals surface area contributed by atoms with Crippen molar-refractivity contribution in [3.8, 4) is 0 Å². The van der Waals surface area contributed by atoms with Crippen LogP contribution in [0.25, 0.3) is 0 Å². The zero-order valence-corrected chi connectivity index (χ0v) is 16.3. The second-order valence-corrected chi connectivity index (χ2v) is 7.51. The third kappa shape index (κ3) is 4.70. The summed E-state index contributed by atoms with van der Waals surface area (Å²) >= 11 is 1.07. The number of carboxylic acid groups (broad SMARTS) is 1. The predicted molar refractivity (Wildman–Crippen MR) is 97.3 cm³/mol. The maximum absolute atomic E-state index is 12.7. The number of nitrogens with zero attached hydrogens (tertiary/aromatic N) is 3. The predicted octanol–water partition coefficient (Wildman–Crippen LogP) is 0.247. The van der Waals surface area contributed by atoms with Crippen molar-refractivity contribution in [3.05, 3.63) is 11.1 Å². The molecule has 2 heterocycles. The molecule has 1 aromatic rings. The Labute approximate surface area is 164 Å². The Morgan fingerprint density at radius 3 is 2.57 bits per heavy atom. The monoisotopic (exact) mass is 412 g/mol. The number of aliphatic carboxylic acids is 1. The van der Waals surface area contributed by atoms with E-state index in [1.165, 1.54) is 12.3 Å². The minimum absolute atomic E-state index is 0.132. The Balaban J connectivity index is 2.14. The number of ketones is 2. The highest BCUT2D eigenvalue weighted by atomic mass is 32.1. The summed E-state index contributed by atoms with van der Waals surface area (Å²) in [7, 11) is 0. The lowest BCUT2D eigenvalue weighted by atomic mass is 9.74. The molecule has 0 saturated carbocycles. The molecular formula is C16H20N4O7S. The van der Waals surface area contributed by atoms with E-state index in [0.717, 1.165) is 16.4 Å². The van der Waals surface area contributed by atoms with E-state index in [2.05, 4.69) is 15.0 Å². The van der Waals surface area contributed by atoms with Gasteiger partial charge in [-0.3, -0.25) is 19.2 Å². The molecular weight excluding hydrogens is 392 g/mol. The number of Topliss-reactive ketones (excluding diaryl/α,β-unsaturated/α-hetero) is 2. The smallest absolute Gasteiger partial charge is 0.344 e. The van der Waals surface area contributed by atoms with Gasteiger partial charge in [-0.25, -0.2) is 14.8 Å². The van der Waals surface area contributed by atoms with Gasteiger partial charge in [0.2, 0.25) is 6.61 Å². The molecule has 1 atom stereocenters. The zero-order valence-electron chi connectivity index (χ0n) is 15.5. The van der Waals surface area contributed by atoms with Crippen molar-refractivity contribution in [1.29, 1.82) is 0 Å². The van der Waals surface area contributed by atoms with E-state index in [4.69, 9.17) is 15.7 Å². The largest absolute Gasteiger partial charge is 0.479 e. The number of amides is 1. The van der Waals surface area contributed by atoms with Crippen LogP contribution in [0.5, 0.6) is 0 Å². The van der Waals surface area contributed by atoms with Crippen molar-refractivity contribution in [2.45, 2.75) is 32.7 Å². The standard InChI is InChI=1S/C16H20N4O7S/c1-8(21)5-27-20-14(25)9(16(20,2)3)4-11(22)13(19-26-6-12(23)24)10-7-28-15(17)18-10/h7,9H,4-6H2,1-3H3,(H2,17,18)(H,23,24)/b19-13-/t9-/m1/s1. The summed E-state index contributed by atoms with van der Waals surface area (Å²) in [5.41, 5.74) is 4.66. The minimum atomic E-state index is -1.26. The van der Waals surface area contributed by atoms with Crippen molar-refractivity contribution in [1.82, 2.24) is 10.0 Å². The van der Waals surface area contributed by atoms with Crippen LogP contribution in [0.15, 0.2) is 10.5 Å². The Bertz CT molecular complexity index is 833. The number of nitrogens with two attached hydrogens (primary N) is 1. The molecule has 12 heteroatoms. The van der Waals surface area contributed by atoms with Gasteiger partial charge in [0.15, 0.2) is 22.4 Å². The normalized spacial score (nSPS) is 18.5. The summed E-state index contributed by atoms with van der Waals surface area (Å²) in [6, 6.07) is 0. The van der Waals surface area contributed by atoms with E-state index in [1.54, 1.807) is 13.8 Å². The number of hydrogen-bond acceptors (Lipinski definition) is 10. The first-order valence-corrected chi connectivity index (χ1v) is 9.04. The highest BCUT2D eigenvalue weighted by Crippen LogP contribution is 2.40. The molecule has 2 rings (SSSR count). The molecule has 0 radical (unpaired) electrons. The number of β-lactam (4-membered cyclic amide) rings is 1. The van der Waals surface area contributed by atoms with Gasteiger partial charge < -0.3 is 15.7 Å². The highest BCUT2D eigenvalue weighted by Gasteiger charge is 2.56. The lowest BCUT2D eigenvalue weighted by molar-refractivity contribution is -0.264. The maximum Gasteiger partial charge on any atom is 0.344 e. The third-order valence-corrected chi connectivity index (χ3v) is 4.71. The summed E-state index contributed by atoms with van der Waals surface area (Å²) in [6.45, 7) is 3.74. The maximum atomic E-state index is 12.7. The molecule has 1 amide bonds. The van der Waals surface area contributed by atoms with Gasteiger partial charge >= 0.3 is 5.97 Å². The van der Waals surface area contributed by atoms with Crippen molar-refractivity contribution in [2.24, 2.45) is 11.1 Å². The lowest BCUT2D eigenvalue weighted by Gasteiger charge is -2.52. The van der Waals surface area contributed by atoms with Gasteiger partial charge in [-0.2, -0.15) is 0 Å². The number of hydroxylamine groups is 2. The van der Waals surface area contributed by atoms with Crippen molar-refractivity contribution >= 4 is 45.6 Å². The lowest BCUT2D eigenvalue weighted by Crippen LogP contribution is -2.68. The van der Waals surface area contributed by atoms with Gasteiger partial charge in [0, 0.05) is 11.8 Å². The van der Waals surface area contributed by atoms with E-state index < -0.39 is 35.7 Å². The fraction of sp³-hybridized carbons (Fsp3) is 0.500. The fourth-order valence-electron chi connectivity index (χ4n) is 2.60. The molecule has 0 aromatic carbocycles. The molecule has 11 nitrogen and oxygen atoms in total. The molecule has 0 spiro atoms. The first-order valence-electron chi connectivity index (χ1n) is 8.16. The summed E-state index contributed by atoms with van der Waals surface area (Å²) < 4.78 is 0.